The Morgan fingerprint density at radius 2 is 2.26 bits per heavy atom. The topological polar surface area (TPSA) is 71.5 Å². The molecule has 0 fully saturated rings. The van der Waals surface area contributed by atoms with Gasteiger partial charge in [0, 0.05) is 23.9 Å². The number of nitrogens with one attached hydrogen (secondary N) is 1. The van der Waals surface area contributed by atoms with Gasteiger partial charge in [-0.3, -0.25) is 4.79 Å². The first-order chi connectivity index (χ1) is 11.2. The second-order valence-corrected chi connectivity index (χ2v) is 6.24. The maximum Gasteiger partial charge on any atom is 0.271 e. The van der Waals surface area contributed by atoms with Crippen LogP contribution in [-0.2, 0) is 0 Å². The number of aromatic nitrogens is 1. The molecule has 2 N–H and O–H groups in total. The zero-order valence-corrected chi connectivity index (χ0v) is 13.5. The van der Waals surface area contributed by atoms with Crippen LogP contribution in [0.4, 0.5) is 0 Å². The Kier molecular flexibility index (Phi) is 4.73. The molecule has 1 amide bonds. The summed E-state index contributed by atoms with van der Waals surface area (Å²) in [6, 6.07) is 7.56. The summed E-state index contributed by atoms with van der Waals surface area (Å²) in [5, 5.41) is 14.6. The minimum atomic E-state index is -0.198. The molecule has 2 atom stereocenters. The number of methoxy groups -OCH3 is 1. The van der Waals surface area contributed by atoms with E-state index in [4.69, 9.17) is 9.84 Å². The van der Waals surface area contributed by atoms with Crippen molar-refractivity contribution in [3.8, 4) is 16.3 Å². The van der Waals surface area contributed by atoms with E-state index in [-0.39, 0.29) is 24.5 Å². The van der Waals surface area contributed by atoms with E-state index in [1.54, 1.807) is 12.5 Å². The third-order valence-corrected chi connectivity index (χ3v) is 4.67. The zero-order valence-electron chi connectivity index (χ0n) is 12.7. The molecule has 0 saturated carbocycles. The number of benzene rings is 1. The number of carbonyl (C=O) groups excluding carboxylic acids is 1. The highest BCUT2D eigenvalue weighted by atomic mass is 32.1. The lowest BCUT2D eigenvalue weighted by Gasteiger charge is -2.11. The third-order valence-electron chi connectivity index (χ3n) is 3.80. The van der Waals surface area contributed by atoms with Crippen molar-refractivity contribution in [2.75, 3.05) is 13.7 Å². The minimum Gasteiger partial charge on any atom is -0.496 e. The number of carbonyl (C=O) groups is 1. The first-order valence-corrected chi connectivity index (χ1v) is 8.28. The van der Waals surface area contributed by atoms with Gasteiger partial charge in [0.15, 0.2) is 0 Å². The summed E-state index contributed by atoms with van der Waals surface area (Å²) in [5.74, 6) is 0.661. The largest absolute Gasteiger partial charge is 0.496 e. The van der Waals surface area contributed by atoms with Gasteiger partial charge in [-0.1, -0.05) is 24.3 Å². The number of aliphatic hydroxyl groups excluding tert-OH is 1. The number of nitrogens with zero attached hydrogens (tertiary/aromatic N) is 1. The molecule has 0 aliphatic heterocycles. The second-order valence-electron chi connectivity index (χ2n) is 5.38. The summed E-state index contributed by atoms with van der Waals surface area (Å²) >= 11 is 1.41. The van der Waals surface area contributed by atoms with Gasteiger partial charge in [-0.25, -0.2) is 4.98 Å². The molecule has 120 valence electrons. The normalized spacial score (nSPS) is 19.7. The van der Waals surface area contributed by atoms with E-state index in [0.717, 1.165) is 22.7 Å². The molecule has 0 unspecified atom stereocenters. The Morgan fingerprint density at radius 1 is 1.43 bits per heavy atom. The highest BCUT2D eigenvalue weighted by molar-refractivity contribution is 7.13. The van der Waals surface area contributed by atoms with Gasteiger partial charge in [0.05, 0.1) is 12.7 Å². The van der Waals surface area contributed by atoms with E-state index in [0.29, 0.717) is 5.69 Å². The molecule has 23 heavy (non-hydrogen) atoms. The standard InChI is InChI=1S/C17H18N2O3S/c1-22-15-5-3-2-4-13(15)17-19-14(10-23-17)16(21)18-12-7-6-11(8-12)9-20/h2-7,10-12,20H,8-9H2,1H3,(H,18,21)/t11-,12+/m0/s1. The van der Waals surface area contributed by atoms with Crippen LogP contribution in [0.1, 0.15) is 16.9 Å². The summed E-state index contributed by atoms with van der Waals surface area (Å²) < 4.78 is 5.33. The van der Waals surface area contributed by atoms with Crippen LogP contribution in [0.25, 0.3) is 10.6 Å². The number of thiazole rings is 1. The molecule has 2 aromatic rings. The summed E-state index contributed by atoms with van der Waals surface area (Å²) in [4.78, 5) is 16.7. The molecule has 1 aromatic heterocycles. The first kappa shape index (κ1) is 15.7. The molecule has 0 saturated heterocycles. The molecule has 1 aromatic carbocycles. The van der Waals surface area contributed by atoms with Gasteiger partial charge in [0.25, 0.3) is 5.91 Å². The van der Waals surface area contributed by atoms with Gasteiger partial charge in [-0.05, 0) is 18.6 Å². The lowest BCUT2D eigenvalue weighted by atomic mass is 10.1. The molecule has 0 bridgehead atoms. The third kappa shape index (κ3) is 3.43. The maximum atomic E-state index is 12.3. The van der Waals surface area contributed by atoms with Crippen molar-refractivity contribution in [2.24, 2.45) is 5.92 Å². The summed E-state index contributed by atoms with van der Waals surface area (Å²) in [6.07, 6.45) is 4.59. The van der Waals surface area contributed by atoms with E-state index < -0.39 is 0 Å². The quantitative estimate of drug-likeness (QED) is 0.826. The fraction of sp³-hybridized carbons (Fsp3) is 0.294. The van der Waals surface area contributed by atoms with Crippen LogP contribution in [0.15, 0.2) is 41.8 Å². The summed E-state index contributed by atoms with van der Waals surface area (Å²) in [6.45, 7) is 0.109. The van der Waals surface area contributed by atoms with E-state index in [1.807, 2.05) is 36.4 Å². The smallest absolute Gasteiger partial charge is 0.271 e. The van der Waals surface area contributed by atoms with Gasteiger partial charge >= 0.3 is 0 Å². The fourth-order valence-electron chi connectivity index (χ4n) is 2.58. The molecule has 1 heterocycles. The van der Waals surface area contributed by atoms with Crippen molar-refractivity contribution in [3.05, 3.63) is 47.5 Å². The molecule has 1 aliphatic carbocycles. The van der Waals surface area contributed by atoms with Crippen LogP contribution >= 0.6 is 11.3 Å². The van der Waals surface area contributed by atoms with Gasteiger partial charge in [0.1, 0.15) is 16.5 Å². The molecular formula is C17H18N2O3S. The van der Waals surface area contributed by atoms with E-state index in [1.165, 1.54) is 11.3 Å². The van der Waals surface area contributed by atoms with Crippen LogP contribution in [0.5, 0.6) is 5.75 Å². The van der Waals surface area contributed by atoms with Crippen LogP contribution in [0, 0.1) is 5.92 Å². The summed E-state index contributed by atoms with van der Waals surface area (Å²) in [5.41, 5.74) is 1.27. The fourth-order valence-corrected chi connectivity index (χ4v) is 3.41. The maximum absolute atomic E-state index is 12.3. The monoisotopic (exact) mass is 330 g/mol. The van der Waals surface area contributed by atoms with Gasteiger partial charge < -0.3 is 15.2 Å². The molecule has 6 heteroatoms. The van der Waals surface area contributed by atoms with Gasteiger partial charge in [-0.15, -0.1) is 11.3 Å². The highest BCUT2D eigenvalue weighted by Gasteiger charge is 2.21. The molecule has 3 rings (SSSR count). The molecule has 1 aliphatic rings. The van der Waals surface area contributed by atoms with Crippen molar-refractivity contribution >= 4 is 17.2 Å². The van der Waals surface area contributed by atoms with Crippen LogP contribution in [0.2, 0.25) is 0 Å². The number of hydrogen-bond donors (Lipinski definition) is 2. The Labute approximate surface area is 138 Å². The lowest BCUT2D eigenvalue weighted by Crippen LogP contribution is -2.33. The van der Waals surface area contributed by atoms with Gasteiger partial charge in [-0.2, -0.15) is 0 Å². The predicted molar refractivity (Wildman–Crippen MR) is 89.7 cm³/mol. The number of rotatable bonds is 5. The number of hydrogen-bond acceptors (Lipinski definition) is 5. The molecule has 0 spiro atoms. The molecule has 5 nitrogen and oxygen atoms in total. The summed E-state index contributed by atoms with van der Waals surface area (Å²) in [7, 11) is 1.62. The number of para-hydroxylation sites is 1. The predicted octanol–water partition coefficient (Wildman–Crippen LogP) is 2.49. The zero-order chi connectivity index (χ0) is 16.2. The average Bonchev–Trinajstić information content (AvgIpc) is 3.24. The molecule has 0 radical (unpaired) electrons. The molecular weight excluding hydrogens is 312 g/mol. The van der Waals surface area contributed by atoms with Crippen LogP contribution in [0.3, 0.4) is 0 Å². The Morgan fingerprint density at radius 3 is 3.00 bits per heavy atom. The van der Waals surface area contributed by atoms with E-state index in [9.17, 15) is 4.79 Å². The number of amides is 1. The minimum absolute atomic E-state index is 0.0453. The number of ether oxygens (including phenoxy) is 1. The second kappa shape index (κ2) is 6.93. The Bertz CT molecular complexity index is 726. The van der Waals surface area contributed by atoms with Crippen molar-refractivity contribution in [3.63, 3.8) is 0 Å². The van der Waals surface area contributed by atoms with Gasteiger partial charge in [0.2, 0.25) is 0 Å². The van der Waals surface area contributed by atoms with Crippen molar-refractivity contribution in [2.45, 2.75) is 12.5 Å². The van der Waals surface area contributed by atoms with Crippen molar-refractivity contribution < 1.29 is 14.6 Å². The Hall–Kier alpha value is -2.18. The first-order valence-electron chi connectivity index (χ1n) is 7.40. The SMILES string of the molecule is COc1ccccc1-c1nc(C(=O)N[C@@H]2C=C[C@H](CO)C2)cs1. The van der Waals surface area contributed by atoms with E-state index >= 15 is 0 Å². The van der Waals surface area contributed by atoms with Crippen molar-refractivity contribution in [1.82, 2.24) is 10.3 Å². The van der Waals surface area contributed by atoms with Crippen molar-refractivity contribution in [1.29, 1.82) is 0 Å². The van der Waals surface area contributed by atoms with Crippen LogP contribution in [-0.4, -0.2) is 35.8 Å². The lowest BCUT2D eigenvalue weighted by molar-refractivity contribution is 0.0937. The average molecular weight is 330 g/mol. The highest BCUT2D eigenvalue weighted by Crippen LogP contribution is 2.31. The Balaban J connectivity index is 1.72. The number of aliphatic hydroxyl groups is 1. The van der Waals surface area contributed by atoms with E-state index in [2.05, 4.69) is 10.3 Å². The van der Waals surface area contributed by atoms with Crippen LogP contribution < -0.4 is 10.1 Å².